The lowest BCUT2D eigenvalue weighted by molar-refractivity contribution is 0.296. The predicted molar refractivity (Wildman–Crippen MR) is 88.3 cm³/mol. The van der Waals surface area contributed by atoms with Crippen molar-refractivity contribution >= 4 is 15.9 Å². The Kier molecular flexibility index (Phi) is 4.75. The third kappa shape index (κ3) is 3.72. The summed E-state index contributed by atoms with van der Waals surface area (Å²) in [4.78, 5) is 0. The van der Waals surface area contributed by atoms with Gasteiger partial charge in [0.05, 0.1) is 17.7 Å². The molecule has 2 unspecified atom stereocenters. The molecule has 1 heterocycles. The smallest absolute Gasteiger partial charge is 0.175 e. The van der Waals surface area contributed by atoms with Gasteiger partial charge in [0.1, 0.15) is 0 Å². The summed E-state index contributed by atoms with van der Waals surface area (Å²) in [6, 6.07) is 4.39. The summed E-state index contributed by atoms with van der Waals surface area (Å²) in [5.74, 6) is 3.91. The van der Waals surface area contributed by atoms with Crippen LogP contribution < -0.4 is 14.8 Å². The van der Waals surface area contributed by atoms with Crippen molar-refractivity contribution in [3.05, 3.63) is 22.2 Å². The molecule has 0 radical (unpaired) electrons. The highest BCUT2D eigenvalue weighted by Gasteiger charge is 2.38. The van der Waals surface area contributed by atoms with Crippen LogP contribution in [0.3, 0.4) is 0 Å². The zero-order valence-electron chi connectivity index (χ0n) is 12.8. The molecule has 0 saturated heterocycles. The van der Waals surface area contributed by atoms with E-state index in [0.717, 1.165) is 60.5 Å². The van der Waals surface area contributed by atoms with Crippen molar-refractivity contribution < 1.29 is 9.47 Å². The van der Waals surface area contributed by atoms with Gasteiger partial charge in [0, 0.05) is 6.42 Å². The van der Waals surface area contributed by atoms with Crippen LogP contribution >= 0.6 is 15.9 Å². The number of halogens is 1. The molecule has 2 aliphatic rings. The summed E-state index contributed by atoms with van der Waals surface area (Å²) in [6.07, 6.45) is 2.22. The summed E-state index contributed by atoms with van der Waals surface area (Å²) in [5.41, 5.74) is 1.38. The van der Waals surface area contributed by atoms with Crippen LogP contribution in [0.15, 0.2) is 16.6 Å². The van der Waals surface area contributed by atoms with Crippen LogP contribution in [0.5, 0.6) is 11.5 Å². The summed E-state index contributed by atoms with van der Waals surface area (Å²) in [7, 11) is 0. The molecule has 1 aromatic carbocycles. The van der Waals surface area contributed by atoms with Crippen molar-refractivity contribution in [1.82, 2.24) is 5.32 Å². The van der Waals surface area contributed by atoms with Gasteiger partial charge >= 0.3 is 0 Å². The van der Waals surface area contributed by atoms with E-state index >= 15 is 0 Å². The molecule has 0 spiro atoms. The van der Waals surface area contributed by atoms with Crippen molar-refractivity contribution in [1.29, 1.82) is 0 Å². The molecular weight excluding hydrogens is 330 g/mol. The molecule has 1 fully saturated rings. The summed E-state index contributed by atoms with van der Waals surface area (Å²) in [5, 5.41) is 3.57. The lowest BCUT2D eigenvalue weighted by atomic mass is 10.1. The van der Waals surface area contributed by atoms with Crippen LogP contribution in [0, 0.1) is 11.8 Å². The molecule has 1 aliphatic carbocycles. The monoisotopic (exact) mass is 353 g/mol. The molecule has 116 valence electrons. The molecule has 0 aromatic heterocycles. The zero-order chi connectivity index (χ0) is 14.8. The highest BCUT2D eigenvalue weighted by Crippen LogP contribution is 2.50. The van der Waals surface area contributed by atoms with E-state index in [1.54, 1.807) is 0 Å². The molecule has 21 heavy (non-hydrogen) atoms. The van der Waals surface area contributed by atoms with E-state index in [0.29, 0.717) is 5.92 Å². The number of fused-ring (bicyclic) bond motifs is 1. The van der Waals surface area contributed by atoms with Crippen molar-refractivity contribution in [2.24, 2.45) is 11.8 Å². The van der Waals surface area contributed by atoms with Crippen molar-refractivity contribution in [2.45, 2.75) is 32.6 Å². The maximum atomic E-state index is 5.83. The third-order valence-electron chi connectivity index (χ3n) is 4.13. The molecular formula is C17H24BrNO2. The minimum absolute atomic E-state index is 0.665. The van der Waals surface area contributed by atoms with Crippen LogP contribution in [0.1, 0.15) is 38.2 Å². The van der Waals surface area contributed by atoms with E-state index in [4.69, 9.17) is 9.47 Å². The molecule has 3 rings (SSSR count). The molecule has 4 heteroatoms. The second-order valence-corrected chi connectivity index (χ2v) is 7.39. The normalized spacial score (nSPS) is 24.0. The fourth-order valence-electron chi connectivity index (χ4n) is 2.90. The van der Waals surface area contributed by atoms with E-state index in [-0.39, 0.29) is 0 Å². The maximum absolute atomic E-state index is 5.83. The van der Waals surface area contributed by atoms with Gasteiger partial charge in [-0.05, 0) is 70.9 Å². The van der Waals surface area contributed by atoms with Crippen LogP contribution in [-0.4, -0.2) is 26.3 Å². The molecule has 0 bridgehead atoms. The largest absolute Gasteiger partial charge is 0.490 e. The summed E-state index contributed by atoms with van der Waals surface area (Å²) in [6.45, 7) is 8.20. The Morgan fingerprint density at radius 1 is 1.29 bits per heavy atom. The van der Waals surface area contributed by atoms with Gasteiger partial charge in [0.2, 0.25) is 0 Å². The van der Waals surface area contributed by atoms with Crippen LogP contribution in [0.2, 0.25) is 0 Å². The first-order valence-corrected chi connectivity index (χ1v) is 8.74. The molecule has 1 N–H and O–H groups in total. The van der Waals surface area contributed by atoms with Gasteiger partial charge in [-0.25, -0.2) is 0 Å². The van der Waals surface area contributed by atoms with E-state index in [9.17, 15) is 0 Å². The van der Waals surface area contributed by atoms with E-state index in [1.807, 2.05) is 0 Å². The number of benzene rings is 1. The second-order valence-electron chi connectivity index (χ2n) is 6.53. The second kappa shape index (κ2) is 6.57. The number of nitrogens with one attached hydrogen (secondary N) is 1. The van der Waals surface area contributed by atoms with E-state index < -0.39 is 0 Å². The van der Waals surface area contributed by atoms with E-state index in [2.05, 4.69) is 47.2 Å². The van der Waals surface area contributed by atoms with Crippen LogP contribution in [0.4, 0.5) is 0 Å². The third-order valence-corrected chi connectivity index (χ3v) is 4.72. The molecule has 3 nitrogen and oxygen atoms in total. The van der Waals surface area contributed by atoms with E-state index in [1.165, 1.54) is 12.0 Å². The highest BCUT2D eigenvalue weighted by molar-refractivity contribution is 9.10. The Bertz CT molecular complexity index is 504. The Morgan fingerprint density at radius 2 is 2.10 bits per heavy atom. The lowest BCUT2D eigenvalue weighted by Gasteiger charge is -2.12. The zero-order valence-corrected chi connectivity index (χ0v) is 14.4. The fraction of sp³-hybridized carbons (Fsp3) is 0.647. The minimum Gasteiger partial charge on any atom is -0.490 e. The van der Waals surface area contributed by atoms with Gasteiger partial charge in [-0.1, -0.05) is 13.8 Å². The fourth-order valence-corrected chi connectivity index (χ4v) is 3.48. The summed E-state index contributed by atoms with van der Waals surface area (Å²) < 4.78 is 12.6. The van der Waals surface area contributed by atoms with Crippen LogP contribution in [0.25, 0.3) is 0 Å². The molecule has 1 saturated carbocycles. The van der Waals surface area contributed by atoms with Gasteiger partial charge in [-0.15, -0.1) is 0 Å². The number of hydrogen-bond donors (Lipinski definition) is 1. The van der Waals surface area contributed by atoms with Gasteiger partial charge in [-0.2, -0.15) is 0 Å². The molecule has 0 amide bonds. The first kappa shape index (κ1) is 15.2. The number of hydrogen-bond acceptors (Lipinski definition) is 3. The van der Waals surface area contributed by atoms with Gasteiger partial charge in [0.15, 0.2) is 11.5 Å². The predicted octanol–water partition coefficient (Wildman–Crippen LogP) is 3.96. The molecule has 1 aromatic rings. The SMILES string of the molecule is CC(C)CNCC1CC1c1cc(Br)c2c(c1)OCCCO2. The Labute approximate surface area is 135 Å². The molecule has 1 aliphatic heterocycles. The van der Waals surface area contributed by atoms with Gasteiger partial charge in [-0.3, -0.25) is 0 Å². The highest BCUT2D eigenvalue weighted by atomic mass is 79.9. The van der Waals surface area contributed by atoms with Crippen molar-refractivity contribution in [3.63, 3.8) is 0 Å². The summed E-state index contributed by atoms with van der Waals surface area (Å²) >= 11 is 3.63. The standard InChI is InChI=1S/C17H24BrNO2/c1-11(2)9-19-10-13-6-14(13)12-7-15(18)17-16(8-12)20-4-3-5-21-17/h7-8,11,13-14,19H,3-6,9-10H2,1-2H3. The van der Waals surface area contributed by atoms with Crippen LogP contribution in [-0.2, 0) is 0 Å². The van der Waals surface area contributed by atoms with Crippen molar-refractivity contribution in [2.75, 3.05) is 26.3 Å². The average Bonchev–Trinajstić information content (AvgIpc) is 3.20. The average molecular weight is 354 g/mol. The number of rotatable bonds is 5. The lowest BCUT2D eigenvalue weighted by Crippen LogP contribution is -2.22. The Hall–Kier alpha value is -0.740. The molecule has 2 atom stereocenters. The maximum Gasteiger partial charge on any atom is 0.175 e. The topological polar surface area (TPSA) is 30.5 Å². The quantitative estimate of drug-likeness (QED) is 0.868. The first-order valence-electron chi connectivity index (χ1n) is 7.95. The number of ether oxygens (including phenoxy) is 2. The minimum atomic E-state index is 0.665. The Balaban J connectivity index is 1.65. The first-order chi connectivity index (χ1) is 10.1. The Morgan fingerprint density at radius 3 is 2.90 bits per heavy atom. The van der Waals surface area contributed by atoms with Gasteiger partial charge in [0.25, 0.3) is 0 Å². The van der Waals surface area contributed by atoms with Gasteiger partial charge < -0.3 is 14.8 Å². The van der Waals surface area contributed by atoms with Crippen molar-refractivity contribution in [3.8, 4) is 11.5 Å².